The standard InChI is InChI=1S/C6H6N2O.2ClH/c9-7-6-8-4-2-1-3-5-8;;/h1-6H;2*1H. The van der Waals surface area contributed by atoms with Crippen LogP contribution in [-0.2, 0) is 0 Å². The summed E-state index contributed by atoms with van der Waals surface area (Å²) in [5, 5.41) is 10.9. The zero-order valence-electron chi connectivity index (χ0n) is 5.59. The first-order valence-corrected chi connectivity index (χ1v) is 2.57. The summed E-state index contributed by atoms with van der Waals surface area (Å²) in [4.78, 5) is 0. The van der Waals surface area contributed by atoms with Crippen LogP contribution in [0.15, 0.2) is 35.7 Å². The highest BCUT2D eigenvalue weighted by Gasteiger charge is 1.85. The van der Waals surface area contributed by atoms with Gasteiger partial charge in [0.15, 0.2) is 0 Å². The maximum Gasteiger partial charge on any atom is 0.338 e. The Labute approximate surface area is 77.2 Å². The Morgan fingerprint density at radius 3 is 2.18 bits per heavy atom. The molecule has 0 aliphatic carbocycles. The molecule has 1 aromatic rings. The predicted molar refractivity (Wildman–Crippen MR) is 39.6 cm³/mol. The molecule has 62 valence electrons. The van der Waals surface area contributed by atoms with Crippen LogP contribution in [0.25, 0.3) is 0 Å². The van der Waals surface area contributed by atoms with Gasteiger partial charge in [0.2, 0.25) is 0 Å². The fraction of sp³-hybridized carbons (Fsp3) is 0. The highest BCUT2D eigenvalue weighted by atomic mass is 35.5. The second-order valence-electron chi connectivity index (χ2n) is 1.55. The molecule has 0 amide bonds. The monoisotopic (exact) mass is 194 g/mol. The van der Waals surface area contributed by atoms with Crippen molar-refractivity contribution in [2.45, 2.75) is 0 Å². The smallest absolute Gasteiger partial charge is 0.338 e. The first-order chi connectivity index (χ1) is 4.43. The minimum absolute atomic E-state index is 0. The van der Waals surface area contributed by atoms with Crippen molar-refractivity contribution in [1.29, 1.82) is 0 Å². The van der Waals surface area contributed by atoms with Crippen LogP contribution in [0, 0.1) is 0 Å². The van der Waals surface area contributed by atoms with Crippen molar-refractivity contribution in [3.8, 4) is 0 Å². The molecule has 0 aliphatic heterocycles. The summed E-state index contributed by atoms with van der Waals surface area (Å²) in [6.07, 6.45) is 4.86. The third-order valence-corrected chi connectivity index (χ3v) is 0.924. The van der Waals surface area contributed by atoms with Gasteiger partial charge in [-0.05, 0) is 12.1 Å². The number of aromatic nitrogens is 1. The minimum Gasteiger partial charge on any atom is -1.00 e. The lowest BCUT2D eigenvalue weighted by Crippen LogP contribution is -3.00. The van der Waals surface area contributed by atoms with Crippen molar-refractivity contribution >= 4 is 18.7 Å². The highest BCUT2D eigenvalue weighted by molar-refractivity contribution is 5.85. The third-order valence-electron chi connectivity index (χ3n) is 0.924. The molecule has 1 N–H and O–H groups in total. The topological polar surface area (TPSA) is 36.5 Å². The Hall–Kier alpha value is -0.800. The van der Waals surface area contributed by atoms with Gasteiger partial charge in [-0.25, -0.2) is 4.57 Å². The molecular formula is C6H8Cl2N2O. The van der Waals surface area contributed by atoms with E-state index >= 15 is 0 Å². The maximum atomic E-state index is 8.07. The number of oxime groups is 1. The Kier molecular flexibility index (Phi) is 8.53. The Bertz CT molecular complexity index is 203. The first-order valence-electron chi connectivity index (χ1n) is 2.57. The summed E-state index contributed by atoms with van der Waals surface area (Å²) in [6, 6.07) is 5.59. The van der Waals surface area contributed by atoms with E-state index in [1.807, 2.05) is 18.2 Å². The molecule has 1 rings (SSSR count). The van der Waals surface area contributed by atoms with Crippen LogP contribution in [0.2, 0.25) is 0 Å². The summed E-state index contributed by atoms with van der Waals surface area (Å²) in [5.41, 5.74) is 0. The van der Waals surface area contributed by atoms with Crippen molar-refractivity contribution in [2.75, 3.05) is 0 Å². The predicted octanol–water partition coefficient (Wildman–Crippen LogP) is -2.33. The molecule has 0 aliphatic rings. The van der Waals surface area contributed by atoms with E-state index in [4.69, 9.17) is 5.21 Å². The molecule has 0 saturated heterocycles. The van der Waals surface area contributed by atoms with Crippen LogP contribution in [0.4, 0.5) is 0 Å². The van der Waals surface area contributed by atoms with Gasteiger partial charge in [0.1, 0.15) is 5.16 Å². The molecule has 0 radical (unpaired) electrons. The molecule has 0 unspecified atom stereocenters. The van der Waals surface area contributed by atoms with E-state index in [0.717, 1.165) is 0 Å². The molecule has 1 aromatic heterocycles. The van der Waals surface area contributed by atoms with Gasteiger partial charge in [-0.2, -0.15) is 0 Å². The van der Waals surface area contributed by atoms with Crippen molar-refractivity contribution in [1.82, 2.24) is 0 Å². The lowest BCUT2D eigenvalue weighted by atomic mass is 10.5. The normalized spacial score (nSPS) is 8.36. The van der Waals surface area contributed by atoms with Crippen molar-refractivity contribution in [3.05, 3.63) is 30.6 Å². The number of pyridine rings is 1. The molecule has 5 heteroatoms. The molecule has 3 nitrogen and oxygen atoms in total. The fourth-order valence-corrected chi connectivity index (χ4v) is 0.549. The van der Waals surface area contributed by atoms with Gasteiger partial charge >= 0.3 is 6.34 Å². The summed E-state index contributed by atoms with van der Waals surface area (Å²) >= 11 is 0. The Balaban J connectivity index is 0. The number of nitrogens with zero attached hydrogens (tertiary/aromatic N) is 2. The molecule has 0 saturated carbocycles. The van der Waals surface area contributed by atoms with E-state index in [1.165, 1.54) is 6.34 Å². The van der Waals surface area contributed by atoms with Crippen molar-refractivity contribution < 1.29 is 22.2 Å². The second kappa shape index (κ2) is 7.31. The van der Waals surface area contributed by atoms with Gasteiger partial charge in [-0.15, -0.1) is 12.4 Å². The Morgan fingerprint density at radius 2 is 1.73 bits per heavy atom. The first kappa shape index (κ1) is 12.8. The lowest BCUT2D eigenvalue weighted by molar-refractivity contribution is -0.547. The van der Waals surface area contributed by atoms with Crippen LogP contribution in [0.5, 0.6) is 0 Å². The SMILES string of the molecule is Cl.ON=C[n+]1ccccc1.[Cl-]. The molecule has 0 atom stereocenters. The fourth-order valence-electron chi connectivity index (χ4n) is 0.549. The highest BCUT2D eigenvalue weighted by Crippen LogP contribution is 1.72. The molecule has 11 heavy (non-hydrogen) atoms. The summed E-state index contributed by atoms with van der Waals surface area (Å²) < 4.78 is 1.64. The minimum atomic E-state index is 0. The largest absolute Gasteiger partial charge is 1.00 e. The summed E-state index contributed by atoms with van der Waals surface area (Å²) in [5.74, 6) is 0. The molecule has 0 spiro atoms. The van der Waals surface area contributed by atoms with Gasteiger partial charge < -0.3 is 17.6 Å². The third kappa shape index (κ3) is 4.58. The van der Waals surface area contributed by atoms with Gasteiger partial charge in [-0.3, -0.25) is 0 Å². The van der Waals surface area contributed by atoms with Crippen molar-refractivity contribution in [3.63, 3.8) is 0 Å². The van der Waals surface area contributed by atoms with E-state index in [2.05, 4.69) is 5.16 Å². The number of halogens is 2. The van der Waals surface area contributed by atoms with Gasteiger partial charge in [0.25, 0.3) is 0 Å². The van der Waals surface area contributed by atoms with Crippen molar-refractivity contribution in [2.24, 2.45) is 5.16 Å². The van der Waals surface area contributed by atoms with Crippen LogP contribution >= 0.6 is 12.4 Å². The van der Waals surface area contributed by atoms with E-state index < -0.39 is 0 Å². The van der Waals surface area contributed by atoms with E-state index in [1.54, 1.807) is 17.0 Å². The Morgan fingerprint density at radius 1 is 1.18 bits per heavy atom. The quantitative estimate of drug-likeness (QED) is 0.176. The van der Waals surface area contributed by atoms with Crippen LogP contribution in [0.3, 0.4) is 0 Å². The number of hydrogen-bond acceptors (Lipinski definition) is 2. The van der Waals surface area contributed by atoms with Gasteiger partial charge in [-0.1, -0.05) is 6.07 Å². The zero-order valence-corrected chi connectivity index (χ0v) is 7.16. The molecule has 0 aromatic carbocycles. The molecule has 0 fully saturated rings. The molecule has 1 heterocycles. The van der Waals surface area contributed by atoms with E-state index in [0.29, 0.717) is 0 Å². The number of hydrogen-bond donors (Lipinski definition) is 1. The van der Waals surface area contributed by atoms with Gasteiger partial charge in [0.05, 0.1) is 12.4 Å². The van der Waals surface area contributed by atoms with Crippen LogP contribution in [0.1, 0.15) is 0 Å². The lowest BCUT2D eigenvalue weighted by Gasteiger charge is -1.82. The van der Waals surface area contributed by atoms with Crippen LogP contribution in [-0.4, -0.2) is 11.5 Å². The maximum absolute atomic E-state index is 8.07. The van der Waals surface area contributed by atoms with Crippen LogP contribution < -0.4 is 17.0 Å². The van der Waals surface area contributed by atoms with E-state index in [9.17, 15) is 0 Å². The molecule has 0 bridgehead atoms. The zero-order chi connectivity index (χ0) is 6.53. The summed E-state index contributed by atoms with van der Waals surface area (Å²) in [7, 11) is 0. The number of rotatable bonds is 1. The average molecular weight is 195 g/mol. The summed E-state index contributed by atoms with van der Waals surface area (Å²) in [6.45, 7) is 0. The van der Waals surface area contributed by atoms with E-state index in [-0.39, 0.29) is 24.8 Å². The van der Waals surface area contributed by atoms with Gasteiger partial charge in [0, 0.05) is 0 Å². The second-order valence-corrected chi connectivity index (χ2v) is 1.55. The molecular weight excluding hydrogens is 187 g/mol. The average Bonchev–Trinajstić information content (AvgIpc) is 1.91.